The minimum atomic E-state index is -1.07. The first-order valence-electron chi connectivity index (χ1n) is 7.24. The van der Waals surface area contributed by atoms with Crippen LogP contribution < -0.4 is 10.2 Å². The topological polar surface area (TPSA) is 62.5 Å². The second kappa shape index (κ2) is 6.97. The molecule has 1 rings (SSSR count). The van der Waals surface area contributed by atoms with Gasteiger partial charge in [-0.2, -0.15) is 5.26 Å². The van der Waals surface area contributed by atoms with Crippen molar-refractivity contribution in [1.82, 2.24) is 0 Å². The largest absolute Gasteiger partial charge is 0.491 e. The Kier molecular flexibility index (Phi) is 5.83. The summed E-state index contributed by atoms with van der Waals surface area (Å²) < 4.78 is 11.3. The lowest BCUT2D eigenvalue weighted by Crippen LogP contribution is -2.44. The third-order valence-electron chi connectivity index (χ3n) is 3.58. The molecule has 5 heteroatoms. The first kappa shape index (κ1) is 17.5. The summed E-state index contributed by atoms with van der Waals surface area (Å²) in [6, 6.07) is 7.12. The molecule has 0 heterocycles. The van der Waals surface area contributed by atoms with E-state index in [1.807, 2.05) is 41.5 Å². The summed E-state index contributed by atoms with van der Waals surface area (Å²) in [5.74, 6) is 0.776. The fourth-order valence-corrected chi connectivity index (χ4v) is 1.64. The maximum atomic E-state index is 10.2. The van der Waals surface area contributed by atoms with Crippen LogP contribution in [0.25, 0.3) is 0 Å². The Morgan fingerprint density at radius 3 is 2.33 bits per heavy atom. The van der Waals surface area contributed by atoms with Crippen LogP contribution in [0.15, 0.2) is 18.2 Å². The minimum Gasteiger partial charge on any atom is -0.490 e. The van der Waals surface area contributed by atoms with E-state index in [-0.39, 0.29) is 12.0 Å². The van der Waals surface area contributed by atoms with Crippen LogP contribution in [0.3, 0.4) is 0 Å². The molecule has 0 spiro atoms. The summed E-state index contributed by atoms with van der Waals surface area (Å²) >= 11 is 0. The van der Waals surface area contributed by atoms with Gasteiger partial charge >= 0.3 is 7.12 Å². The molecule has 0 radical (unpaired) electrons. The Hall–Kier alpha value is -1.51. The molecule has 0 saturated heterocycles. The van der Waals surface area contributed by atoms with Crippen molar-refractivity contribution in [3.05, 3.63) is 23.8 Å². The highest BCUT2D eigenvalue weighted by Crippen LogP contribution is 2.22. The highest BCUT2D eigenvalue weighted by molar-refractivity contribution is 6.60. The average molecular weight is 289 g/mol. The van der Waals surface area contributed by atoms with Gasteiger partial charge in [-0.3, -0.25) is 0 Å². The van der Waals surface area contributed by atoms with E-state index < -0.39 is 12.7 Å². The molecule has 0 aliphatic heterocycles. The smallest absolute Gasteiger partial charge is 0.490 e. The lowest BCUT2D eigenvalue weighted by Gasteiger charge is -2.31. The molecule has 0 atom stereocenters. The van der Waals surface area contributed by atoms with Crippen LogP contribution in [-0.4, -0.2) is 23.8 Å². The van der Waals surface area contributed by atoms with E-state index in [1.54, 1.807) is 18.2 Å². The molecule has 0 aromatic heterocycles. The van der Waals surface area contributed by atoms with Crippen molar-refractivity contribution in [2.75, 3.05) is 0 Å². The number of nitriles is 1. The van der Waals surface area contributed by atoms with Crippen molar-refractivity contribution in [2.45, 2.75) is 53.2 Å². The molecule has 0 bridgehead atoms. The molecule has 114 valence electrons. The van der Waals surface area contributed by atoms with Crippen LogP contribution in [0.5, 0.6) is 5.75 Å². The third-order valence-corrected chi connectivity index (χ3v) is 3.58. The molecular weight excluding hydrogens is 265 g/mol. The first-order chi connectivity index (χ1) is 9.67. The van der Waals surface area contributed by atoms with Crippen LogP contribution in [0.4, 0.5) is 0 Å². The van der Waals surface area contributed by atoms with Gasteiger partial charge < -0.3 is 14.4 Å². The number of hydrogen-bond donors (Lipinski definition) is 1. The Morgan fingerprint density at radius 2 is 1.86 bits per heavy atom. The fraction of sp³-hybridized carbons (Fsp3) is 0.562. The third kappa shape index (κ3) is 4.77. The van der Waals surface area contributed by atoms with E-state index in [9.17, 15) is 10.3 Å². The Balaban J connectivity index is 2.97. The number of benzene rings is 1. The molecule has 21 heavy (non-hydrogen) atoms. The molecule has 0 aliphatic carbocycles. The van der Waals surface area contributed by atoms with Crippen LogP contribution >= 0.6 is 0 Å². The summed E-state index contributed by atoms with van der Waals surface area (Å²) in [5.41, 5.74) is 0.488. The second-order valence-electron chi connectivity index (χ2n) is 6.26. The van der Waals surface area contributed by atoms with Crippen LogP contribution in [0.1, 0.15) is 47.1 Å². The van der Waals surface area contributed by atoms with E-state index >= 15 is 0 Å². The van der Waals surface area contributed by atoms with E-state index in [1.165, 1.54) is 0 Å². The van der Waals surface area contributed by atoms with Gasteiger partial charge in [0.2, 0.25) is 0 Å². The van der Waals surface area contributed by atoms with Crippen molar-refractivity contribution < 1.29 is 14.4 Å². The Labute approximate surface area is 127 Å². The van der Waals surface area contributed by atoms with Crippen molar-refractivity contribution in [3.63, 3.8) is 0 Å². The molecule has 1 aromatic rings. The normalized spacial score (nSPS) is 11.6. The first-order valence-corrected chi connectivity index (χ1v) is 7.24. The quantitative estimate of drug-likeness (QED) is 0.817. The number of ether oxygens (including phenoxy) is 1. The minimum absolute atomic E-state index is 0.0102. The SMILES string of the molecule is CC(C)Oc1ccc(B(O)OC(C)(C)C(C)C)cc1C#N. The standard InChI is InChI=1S/C16H24BNO3/c1-11(2)16(5,6)21-17(19)14-7-8-15(20-12(3)4)13(9-14)10-18/h7-9,11-12,19H,1-6H3. The van der Waals surface area contributed by atoms with Crippen LogP contribution in [0.2, 0.25) is 0 Å². The zero-order valence-electron chi connectivity index (χ0n) is 13.7. The zero-order valence-corrected chi connectivity index (χ0v) is 13.7. The molecule has 0 saturated carbocycles. The van der Waals surface area contributed by atoms with Gasteiger partial charge in [0.25, 0.3) is 0 Å². The Bertz CT molecular complexity index is 521. The predicted octanol–water partition coefficient (Wildman–Crippen LogP) is 2.48. The summed E-state index contributed by atoms with van der Waals surface area (Å²) in [4.78, 5) is 0. The zero-order chi connectivity index (χ0) is 16.2. The van der Waals surface area contributed by atoms with Crippen molar-refractivity contribution in [3.8, 4) is 11.8 Å². The molecule has 0 unspecified atom stereocenters. The Morgan fingerprint density at radius 1 is 1.24 bits per heavy atom. The second-order valence-corrected chi connectivity index (χ2v) is 6.26. The maximum Gasteiger partial charge on any atom is 0.491 e. The van der Waals surface area contributed by atoms with Crippen molar-refractivity contribution >= 4 is 12.6 Å². The number of rotatable bonds is 6. The van der Waals surface area contributed by atoms with E-state index in [4.69, 9.17) is 9.39 Å². The van der Waals surface area contributed by atoms with Gasteiger partial charge in [0.1, 0.15) is 11.8 Å². The van der Waals surface area contributed by atoms with Gasteiger partial charge in [-0.05, 0) is 51.2 Å². The van der Waals surface area contributed by atoms with Crippen molar-refractivity contribution in [2.24, 2.45) is 5.92 Å². The molecule has 0 amide bonds. The molecule has 0 aliphatic rings. The molecule has 1 aromatic carbocycles. The van der Waals surface area contributed by atoms with Gasteiger partial charge in [-0.25, -0.2) is 0 Å². The van der Waals surface area contributed by atoms with Crippen LogP contribution in [-0.2, 0) is 4.65 Å². The summed E-state index contributed by atoms with van der Waals surface area (Å²) in [5, 5.41) is 19.4. The van der Waals surface area contributed by atoms with Gasteiger partial charge in [0.15, 0.2) is 0 Å². The maximum absolute atomic E-state index is 10.2. The van der Waals surface area contributed by atoms with Crippen LogP contribution in [0, 0.1) is 17.2 Å². The average Bonchev–Trinajstić information content (AvgIpc) is 2.37. The molecule has 4 nitrogen and oxygen atoms in total. The molecule has 0 fully saturated rings. The summed E-state index contributed by atoms with van der Waals surface area (Å²) in [6.45, 7) is 11.7. The molecule has 1 N–H and O–H groups in total. The lowest BCUT2D eigenvalue weighted by molar-refractivity contribution is 0.0423. The van der Waals surface area contributed by atoms with Gasteiger partial charge in [-0.15, -0.1) is 0 Å². The number of hydrogen-bond acceptors (Lipinski definition) is 4. The monoisotopic (exact) mass is 289 g/mol. The van der Waals surface area contributed by atoms with E-state index in [0.29, 0.717) is 16.8 Å². The van der Waals surface area contributed by atoms with E-state index in [2.05, 4.69) is 6.07 Å². The van der Waals surface area contributed by atoms with Crippen molar-refractivity contribution in [1.29, 1.82) is 5.26 Å². The van der Waals surface area contributed by atoms with E-state index in [0.717, 1.165) is 0 Å². The number of nitrogens with zero attached hydrogens (tertiary/aromatic N) is 1. The highest BCUT2D eigenvalue weighted by atomic mass is 16.5. The predicted molar refractivity (Wildman–Crippen MR) is 84.5 cm³/mol. The summed E-state index contributed by atoms with van der Waals surface area (Å²) in [7, 11) is -1.07. The summed E-state index contributed by atoms with van der Waals surface area (Å²) in [6.07, 6.45) is -0.0102. The van der Waals surface area contributed by atoms with Gasteiger partial charge in [0.05, 0.1) is 17.3 Å². The van der Waals surface area contributed by atoms with Gasteiger partial charge in [-0.1, -0.05) is 19.9 Å². The van der Waals surface area contributed by atoms with Gasteiger partial charge in [0, 0.05) is 0 Å². The highest BCUT2D eigenvalue weighted by Gasteiger charge is 2.30. The molecular formula is C16H24BNO3. The lowest BCUT2D eigenvalue weighted by atomic mass is 9.76. The fourth-order valence-electron chi connectivity index (χ4n) is 1.64.